The quantitative estimate of drug-likeness (QED) is 0.509. The summed E-state index contributed by atoms with van der Waals surface area (Å²) >= 11 is 0. The highest BCUT2D eigenvalue weighted by atomic mass is 16.5. The average Bonchev–Trinajstić information content (AvgIpc) is 3.06. The van der Waals surface area contributed by atoms with Crippen LogP contribution in [0.25, 0.3) is 5.57 Å². The van der Waals surface area contributed by atoms with E-state index in [9.17, 15) is 9.59 Å². The van der Waals surface area contributed by atoms with Crippen LogP contribution in [0.3, 0.4) is 0 Å². The van der Waals surface area contributed by atoms with Crippen LogP contribution in [0.4, 0.5) is 5.69 Å². The van der Waals surface area contributed by atoms with E-state index < -0.39 is 0 Å². The molecule has 0 atom stereocenters. The van der Waals surface area contributed by atoms with Crippen molar-refractivity contribution in [3.63, 3.8) is 0 Å². The van der Waals surface area contributed by atoms with Crippen LogP contribution in [-0.4, -0.2) is 30.4 Å². The van der Waals surface area contributed by atoms with Gasteiger partial charge in [-0.15, -0.1) is 0 Å². The van der Waals surface area contributed by atoms with Crippen molar-refractivity contribution in [1.82, 2.24) is 4.90 Å². The predicted octanol–water partition coefficient (Wildman–Crippen LogP) is 4.81. The van der Waals surface area contributed by atoms with Crippen LogP contribution in [0, 0.1) is 6.92 Å². The summed E-state index contributed by atoms with van der Waals surface area (Å²) in [6.07, 6.45) is 0. The number of para-hydroxylation sites is 2. The third-order valence-electron chi connectivity index (χ3n) is 5.45. The highest BCUT2D eigenvalue weighted by molar-refractivity contribution is 6.45. The van der Waals surface area contributed by atoms with Gasteiger partial charge in [0.2, 0.25) is 0 Å². The monoisotopic (exact) mass is 426 g/mol. The largest absolute Gasteiger partial charge is 0.492 e. The summed E-state index contributed by atoms with van der Waals surface area (Å²) in [7, 11) is 1.85. The Morgan fingerprint density at radius 1 is 0.844 bits per heavy atom. The number of carbonyl (C=O) groups is 2. The van der Waals surface area contributed by atoms with Crippen molar-refractivity contribution in [2.75, 3.05) is 18.6 Å². The maximum Gasteiger partial charge on any atom is 0.282 e. The lowest BCUT2D eigenvalue weighted by molar-refractivity contribution is -0.120. The number of benzene rings is 3. The molecule has 32 heavy (non-hydrogen) atoms. The van der Waals surface area contributed by atoms with Crippen molar-refractivity contribution in [2.45, 2.75) is 20.4 Å². The van der Waals surface area contributed by atoms with Crippen LogP contribution in [0.15, 0.2) is 84.6 Å². The molecule has 3 aromatic rings. The third-order valence-corrected chi connectivity index (χ3v) is 5.45. The Labute approximate surface area is 188 Å². The van der Waals surface area contributed by atoms with E-state index >= 15 is 0 Å². The number of likely N-dealkylation sites (N-methyl/N-ethyl adjacent to an activating group) is 1. The Morgan fingerprint density at radius 2 is 1.50 bits per heavy atom. The number of amides is 2. The molecule has 1 aliphatic rings. The number of rotatable bonds is 7. The number of aryl methyl sites for hydroxylation is 1. The molecule has 162 valence electrons. The molecular weight excluding hydrogens is 400 g/mol. The number of nitrogens with zero attached hydrogens (tertiary/aromatic N) is 2. The minimum Gasteiger partial charge on any atom is -0.492 e. The SMILES string of the molecule is CCOc1ccccc1N1C(=O)C(c2ccc(C)cc2)=C(N(C)Cc2ccccc2)C1=O. The Morgan fingerprint density at radius 3 is 2.19 bits per heavy atom. The zero-order chi connectivity index (χ0) is 22.7. The van der Waals surface area contributed by atoms with Crippen LogP contribution < -0.4 is 9.64 Å². The number of carbonyl (C=O) groups excluding carboxylic acids is 2. The summed E-state index contributed by atoms with van der Waals surface area (Å²) < 4.78 is 5.72. The van der Waals surface area contributed by atoms with E-state index in [0.717, 1.165) is 16.7 Å². The van der Waals surface area contributed by atoms with Gasteiger partial charge in [0.05, 0.1) is 17.9 Å². The van der Waals surface area contributed by atoms with Gasteiger partial charge in [-0.25, -0.2) is 4.90 Å². The summed E-state index contributed by atoms with van der Waals surface area (Å²) in [6, 6.07) is 24.7. The molecule has 5 heteroatoms. The average molecular weight is 427 g/mol. The van der Waals surface area contributed by atoms with Crippen molar-refractivity contribution in [2.24, 2.45) is 0 Å². The van der Waals surface area contributed by atoms with Crippen LogP contribution >= 0.6 is 0 Å². The first-order valence-electron chi connectivity index (χ1n) is 10.7. The van der Waals surface area contributed by atoms with E-state index in [1.807, 2.05) is 86.5 Å². The van der Waals surface area contributed by atoms with E-state index in [2.05, 4.69) is 0 Å². The lowest BCUT2D eigenvalue weighted by Crippen LogP contribution is -2.34. The lowest BCUT2D eigenvalue weighted by atomic mass is 10.0. The van der Waals surface area contributed by atoms with Crippen LogP contribution in [0.2, 0.25) is 0 Å². The lowest BCUT2D eigenvalue weighted by Gasteiger charge is -2.22. The summed E-state index contributed by atoms with van der Waals surface area (Å²) in [4.78, 5) is 30.5. The standard InChI is InChI=1S/C27H26N2O3/c1-4-32-23-13-9-8-12-22(23)29-26(30)24(21-16-14-19(2)15-17-21)25(27(29)31)28(3)18-20-10-6-5-7-11-20/h5-17H,4,18H2,1-3H3. The van der Waals surface area contributed by atoms with Gasteiger partial charge in [-0.3, -0.25) is 9.59 Å². The van der Waals surface area contributed by atoms with Crippen molar-refractivity contribution in [3.05, 3.63) is 101 Å². The number of anilines is 1. The molecule has 0 spiro atoms. The van der Waals surface area contributed by atoms with Gasteiger partial charge < -0.3 is 9.64 Å². The maximum absolute atomic E-state index is 13.7. The van der Waals surface area contributed by atoms with Crippen LogP contribution in [0.1, 0.15) is 23.6 Å². The second kappa shape index (κ2) is 9.10. The van der Waals surface area contributed by atoms with Crippen molar-refractivity contribution in [1.29, 1.82) is 0 Å². The molecule has 5 nitrogen and oxygen atoms in total. The number of imide groups is 1. The topological polar surface area (TPSA) is 49.9 Å². The molecule has 0 unspecified atom stereocenters. The molecular formula is C27H26N2O3. The van der Waals surface area contributed by atoms with Gasteiger partial charge in [-0.2, -0.15) is 0 Å². The molecule has 0 aromatic heterocycles. The summed E-state index contributed by atoms with van der Waals surface area (Å²) in [5.41, 5.74) is 4.11. The molecule has 0 bridgehead atoms. The van der Waals surface area contributed by atoms with E-state index in [1.54, 1.807) is 18.2 Å². The number of ether oxygens (including phenoxy) is 1. The fourth-order valence-corrected chi connectivity index (χ4v) is 3.93. The van der Waals surface area contributed by atoms with E-state index in [4.69, 9.17) is 4.74 Å². The second-order valence-electron chi connectivity index (χ2n) is 7.78. The zero-order valence-electron chi connectivity index (χ0n) is 18.5. The molecule has 4 rings (SSSR count). The van der Waals surface area contributed by atoms with Gasteiger partial charge in [-0.05, 0) is 37.1 Å². The molecule has 1 aliphatic heterocycles. The molecule has 3 aromatic carbocycles. The zero-order valence-corrected chi connectivity index (χ0v) is 18.5. The van der Waals surface area contributed by atoms with Crippen molar-refractivity contribution in [3.8, 4) is 5.75 Å². The van der Waals surface area contributed by atoms with Gasteiger partial charge in [0.1, 0.15) is 11.4 Å². The van der Waals surface area contributed by atoms with E-state index in [0.29, 0.717) is 35.9 Å². The Bertz CT molecular complexity index is 1170. The van der Waals surface area contributed by atoms with Gasteiger partial charge in [0.15, 0.2) is 0 Å². The number of hydrogen-bond donors (Lipinski definition) is 0. The fourth-order valence-electron chi connectivity index (χ4n) is 3.93. The third kappa shape index (κ3) is 4.02. The van der Waals surface area contributed by atoms with Gasteiger partial charge in [0, 0.05) is 13.6 Å². The molecule has 0 N–H and O–H groups in total. The summed E-state index contributed by atoms with van der Waals surface area (Å²) in [5.74, 6) is -0.191. The van der Waals surface area contributed by atoms with E-state index in [-0.39, 0.29) is 11.8 Å². The van der Waals surface area contributed by atoms with Gasteiger partial charge >= 0.3 is 0 Å². The molecule has 0 saturated carbocycles. The van der Waals surface area contributed by atoms with Crippen molar-refractivity contribution >= 4 is 23.1 Å². The first-order valence-corrected chi connectivity index (χ1v) is 10.7. The molecule has 0 aliphatic carbocycles. The highest BCUT2D eigenvalue weighted by Crippen LogP contribution is 2.38. The number of hydrogen-bond acceptors (Lipinski definition) is 4. The summed E-state index contributed by atoms with van der Waals surface area (Å²) in [5, 5.41) is 0. The Kier molecular flexibility index (Phi) is 6.08. The predicted molar refractivity (Wildman–Crippen MR) is 126 cm³/mol. The highest BCUT2D eigenvalue weighted by Gasteiger charge is 2.42. The normalized spacial score (nSPS) is 13.7. The Balaban J connectivity index is 1.81. The molecule has 0 radical (unpaired) electrons. The second-order valence-corrected chi connectivity index (χ2v) is 7.78. The minimum atomic E-state index is -0.351. The molecule has 1 heterocycles. The van der Waals surface area contributed by atoms with Crippen molar-refractivity contribution < 1.29 is 14.3 Å². The smallest absolute Gasteiger partial charge is 0.282 e. The molecule has 0 saturated heterocycles. The molecule has 2 amide bonds. The van der Waals surface area contributed by atoms with Gasteiger partial charge in [-0.1, -0.05) is 72.3 Å². The first-order chi connectivity index (χ1) is 15.5. The maximum atomic E-state index is 13.7. The van der Waals surface area contributed by atoms with Crippen LogP contribution in [0.5, 0.6) is 5.75 Å². The summed E-state index contributed by atoms with van der Waals surface area (Å²) in [6.45, 7) is 4.81. The van der Waals surface area contributed by atoms with Crippen LogP contribution in [-0.2, 0) is 16.1 Å². The molecule has 0 fully saturated rings. The van der Waals surface area contributed by atoms with Gasteiger partial charge in [0.25, 0.3) is 11.8 Å². The first kappa shape index (κ1) is 21.4. The fraction of sp³-hybridized carbons (Fsp3) is 0.185. The Hall–Kier alpha value is -3.86. The van der Waals surface area contributed by atoms with E-state index in [1.165, 1.54) is 4.90 Å². The minimum absolute atomic E-state index is 0.346.